The van der Waals surface area contributed by atoms with Gasteiger partial charge in [0.2, 0.25) is 10.0 Å². The number of halogens is 2. The van der Waals surface area contributed by atoms with Crippen molar-refractivity contribution in [1.82, 2.24) is 10.2 Å². The first-order chi connectivity index (χ1) is 10.3. The van der Waals surface area contributed by atoms with Crippen molar-refractivity contribution in [3.05, 3.63) is 46.2 Å². The maximum atomic E-state index is 12.1. The molecule has 0 aliphatic carbocycles. The van der Waals surface area contributed by atoms with E-state index in [1.54, 1.807) is 31.4 Å². The van der Waals surface area contributed by atoms with Crippen LogP contribution in [0.15, 0.2) is 30.3 Å². The Labute approximate surface area is 138 Å². The summed E-state index contributed by atoms with van der Waals surface area (Å²) >= 11 is 11.7. The second kappa shape index (κ2) is 6.68. The van der Waals surface area contributed by atoms with E-state index >= 15 is 0 Å². The van der Waals surface area contributed by atoms with E-state index in [0.29, 0.717) is 5.75 Å². The standard InChI is InChI=1S/C13H13Cl2N3O3S/c1-21-10-5-3-9(4-6-10)8-18(22(2,19)20)11-7-12(14)16-17-13(11)15/h3-7H,8H2,1-2H3. The first kappa shape index (κ1) is 16.8. The zero-order valence-corrected chi connectivity index (χ0v) is 14.2. The number of nitrogens with zero attached hydrogens (tertiary/aromatic N) is 3. The monoisotopic (exact) mass is 361 g/mol. The van der Waals surface area contributed by atoms with E-state index in [9.17, 15) is 8.42 Å². The van der Waals surface area contributed by atoms with Crippen LogP contribution in [0.5, 0.6) is 5.75 Å². The molecule has 0 aliphatic heterocycles. The SMILES string of the molecule is COc1ccc(CN(c2cc(Cl)nnc2Cl)S(C)(=O)=O)cc1. The highest BCUT2D eigenvalue weighted by molar-refractivity contribution is 7.92. The Morgan fingerprint density at radius 3 is 2.36 bits per heavy atom. The molecule has 1 aromatic carbocycles. The predicted octanol–water partition coefficient (Wildman–Crippen LogP) is 2.76. The van der Waals surface area contributed by atoms with Gasteiger partial charge in [-0.2, -0.15) is 0 Å². The maximum Gasteiger partial charge on any atom is 0.232 e. The van der Waals surface area contributed by atoms with Crippen LogP contribution in [-0.4, -0.2) is 32.0 Å². The molecule has 1 heterocycles. The lowest BCUT2D eigenvalue weighted by molar-refractivity contribution is 0.414. The molecular formula is C13H13Cl2N3O3S. The van der Waals surface area contributed by atoms with Crippen molar-refractivity contribution in [1.29, 1.82) is 0 Å². The van der Waals surface area contributed by atoms with Gasteiger partial charge in [-0.1, -0.05) is 35.3 Å². The van der Waals surface area contributed by atoms with Gasteiger partial charge in [0.05, 0.1) is 25.6 Å². The molecule has 9 heteroatoms. The van der Waals surface area contributed by atoms with Gasteiger partial charge in [0.1, 0.15) is 5.75 Å². The van der Waals surface area contributed by atoms with Crippen molar-refractivity contribution >= 4 is 38.9 Å². The first-order valence-electron chi connectivity index (χ1n) is 6.10. The molecule has 0 unspecified atom stereocenters. The van der Waals surface area contributed by atoms with Crippen LogP contribution in [0.2, 0.25) is 10.3 Å². The van der Waals surface area contributed by atoms with Crippen molar-refractivity contribution in [3.8, 4) is 5.75 Å². The molecule has 0 spiro atoms. The van der Waals surface area contributed by atoms with Crippen LogP contribution in [0.25, 0.3) is 0 Å². The molecule has 118 valence electrons. The van der Waals surface area contributed by atoms with Gasteiger partial charge in [-0.3, -0.25) is 4.31 Å². The fraction of sp³-hybridized carbons (Fsp3) is 0.231. The van der Waals surface area contributed by atoms with Crippen LogP contribution in [-0.2, 0) is 16.6 Å². The summed E-state index contributed by atoms with van der Waals surface area (Å²) in [7, 11) is -2.02. The third-order valence-corrected chi connectivity index (χ3v) is 4.44. The molecule has 22 heavy (non-hydrogen) atoms. The Morgan fingerprint density at radius 2 is 1.82 bits per heavy atom. The van der Waals surface area contributed by atoms with Crippen molar-refractivity contribution in [3.63, 3.8) is 0 Å². The lowest BCUT2D eigenvalue weighted by Crippen LogP contribution is -2.29. The number of methoxy groups -OCH3 is 1. The van der Waals surface area contributed by atoms with Gasteiger partial charge < -0.3 is 4.74 Å². The van der Waals surface area contributed by atoms with Crippen LogP contribution < -0.4 is 9.04 Å². The van der Waals surface area contributed by atoms with Gasteiger partial charge in [0, 0.05) is 6.07 Å². The van der Waals surface area contributed by atoms with E-state index in [4.69, 9.17) is 27.9 Å². The van der Waals surface area contributed by atoms with Crippen molar-refractivity contribution in [2.24, 2.45) is 0 Å². The number of benzene rings is 1. The van der Waals surface area contributed by atoms with Crippen LogP contribution in [0, 0.1) is 0 Å². The van der Waals surface area contributed by atoms with Crippen molar-refractivity contribution in [2.45, 2.75) is 6.54 Å². The number of hydrogen-bond acceptors (Lipinski definition) is 5. The summed E-state index contributed by atoms with van der Waals surface area (Å²) in [5, 5.41) is 7.24. The molecule has 1 aromatic heterocycles. The highest BCUT2D eigenvalue weighted by Gasteiger charge is 2.22. The predicted molar refractivity (Wildman–Crippen MR) is 86.1 cm³/mol. The summed E-state index contributed by atoms with van der Waals surface area (Å²) in [5.74, 6) is 0.682. The average Bonchev–Trinajstić information content (AvgIpc) is 2.47. The van der Waals surface area contributed by atoms with Crippen LogP contribution >= 0.6 is 23.2 Å². The molecule has 2 rings (SSSR count). The summed E-state index contributed by atoms with van der Waals surface area (Å²) in [6, 6.07) is 8.38. The first-order valence-corrected chi connectivity index (χ1v) is 8.71. The normalized spacial score (nSPS) is 11.3. The van der Waals surface area contributed by atoms with E-state index in [0.717, 1.165) is 16.1 Å². The summed E-state index contributed by atoms with van der Waals surface area (Å²) in [5.41, 5.74) is 0.940. The van der Waals surface area contributed by atoms with Gasteiger partial charge in [0.25, 0.3) is 0 Å². The lowest BCUT2D eigenvalue weighted by atomic mass is 10.2. The molecule has 0 amide bonds. The van der Waals surface area contributed by atoms with Gasteiger partial charge in [-0.05, 0) is 17.7 Å². The Bertz CT molecular complexity index is 767. The molecule has 0 bridgehead atoms. The summed E-state index contributed by atoms with van der Waals surface area (Å²) < 4.78 is 30.3. The highest BCUT2D eigenvalue weighted by atomic mass is 35.5. The zero-order chi connectivity index (χ0) is 16.3. The molecular weight excluding hydrogens is 349 g/mol. The number of aromatic nitrogens is 2. The topological polar surface area (TPSA) is 72.4 Å². The minimum absolute atomic E-state index is 0.0386. The van der Waals surface area contributed by atoms with Crippen molar-refractivity contribution < 1.29 is 13.2 Å². The second-order valence-electron chi connectivity index (χ2n) is 4.46. The molecule has 0 saturated heterocycles. The minimum Gasteiger partial charge on any atom is -0.497 e. The Balaban J connectivity index is 2.40. The fourth-order valence-corrected chi connectivity index (χ4v) is 3.06. The van der Waals surface area contributed by atoms with Gasteiger partial charge in [-0.15, -0.1) is 10.2 Å². The van der Waals surface area contributed by atoms with Crippen LogP contribution in [0.4, 0.5) is 5.69 Å². The minimum atomic E-state index is -3.58. The molecule has 0 atom stereocenters. The zero-order valence-electron chi connectivity index (χ0n) is 11.8. The van der Waals surface area contributed by atoms with E-state index in [1.165, 1.54) is 6.07 Å². The molecule has 0 aliphatic rings. The third-order valence-electron chi connectivity index (χ3n) is 2.85. The Hall–Kier alpha value is -1.57. The molecule has 0 radical (unpaired) electrons. The van der Waals surface area contributed by atoms with Crippen LogP contribution in [0.3, 0.4) is 0 Å². The summed E-state index contributed by atoms with van der Waals surface area (Å²) in [6.45, 7) is 0.0879. The third kappa shape index (κ3) is 4.00. The van der Waals surface area contributed by atoms with Crippen molar-refractivity contribution in [2.75, 3.05) is 17.7 Å². The Kier molecular flexibility index (Phi) is 5.10. The second-order valence-corrected chi connectivity index (χ2v) is 7.11. The average molecular weight is 362 g/mol. The number of ether oxygens (including phenoxy) is 1. The fourth-order valence-electron chi connectivity index (χ4n) is 1.80. The number of hydrogen-bond donors (Lipinski definition) is 0. The summed E-state index contributed by atoms with van der Waals surface area (Å²) in [4.78, 5) is 0. The number of anilines is 1. The molecule has 0 N–H and O–H groups in total. The lowest BCUT2D eigenvalue weighted by Gasteiger charge is -2.23. The number of sulfonamides is 1. The highest BCUT2D eigenvalue weighted by Crippen LogP contribution is 2.29. The molecule has 2 aromatic rings. The number of rotatable bonds is 5. The smallest absolute Gasteiger partial charge is 0.232 e. The van der Waals surface area contributed by atoms with Gasteiger partial charge in [0.15, 0.2) is 10.3 Å². The van der Waals surface area contributed by atoms with Crippen LogP contribution in [0.1, 0.15) is 5.56 Å². The van der Waals surface area contributed by atoms with E-state index in [-0.39, 0.29) is 22.5 Å². The van der Waals surface area contributed by atoms with E-state index in [1.807, 2.05) is 0 Å². The molecule has 0 saturated carbocycles. The quantitative estimate of drug-likeness (QED) is 0.818. The molecule has 0 fully saturated rings. The largest absolute Gasteiger partial charge is 0.497 e. The van der Waals surface area contributed by atoms with Gasteiger partial charge >= 0.3 is 0 Å². The summed E-state index contributed by atoms with van der Waals surface area (Å²) in [6.07, 6.45) is 1.08. The van der Waals surface area contributed by atoms with Gasteiger partial charge in [-0.25, -0.2) is 8.42 Å². The maximum absolute atomic E-state index is 12.1. The van der Waals surface area contributed by atoms with E-state index < -0.39 is 10.0 Å². The van der Waals surface area contributed by atoms with E-state index in [2.05, 4.69) is 10.2 Å². The molecule has 6 nitrogen and oxygen atoms in total. The Morgan fingerprint density at radius 1 is 1.18 bits per heavy atom.